The minimum Gasteiger partial charge on any atom is -0.496 e. The number of ether oxygens (including phenoxy) is 1. The third-order valence-corrected chi connectivity index (χ3v) is 3.34. The molecule has 0 N–H and O–H groups in total. The smallest absolute Gasteiger partial charge is 0.144 e. The van der Waals surface area contributed by atoms with E-state index in [2.05, 4.69) is 10.1 Å². The van der Waals surface area contributed by atoms with Gasteiger partial charge in [0.05, 0.1) is 18.8 Å². The molecular weight excluding hydrogens is 276 g/mol. The van der Waals surface area contributed by atoms with E-state index in [1.807, 2.05) is 54.6 Å². The van der Waals surface area contributed by atoms with E-state index in [9.17, 15) is 0 Å². The van der Waals surface area contributed by atoms with Crippen LogP contribution in [0.3, 0.4) is 0 Å². The van der Waals surface area contributed by atoms with Gasteiger partial charge in [-0.2, -0.15) is 0 Å². The molecule has 0 fully saturated rings. The minimum absolute atomic E-state index is 0.375. The van der Waals surface area contributed by atoms with Crippen LogP contribution < -0.4 is 4.74 Å². The fraction of sp³-hybridized carbons (Fsp3) is 0.111. The Labute approximate surface area is 129 Å². The van der Waals surface area contributed by atoms with E-state index in [1.54, 1.807) is 19.5 Å². The predicted molar refractivity (Wildman–Crippen MR) is 87.1 cm³/mol. The van der Waals surface area contributed by atoms with Gasteiger partial charge in [-0.1, -0.05) is 41.6 Å². The van der Waals surface area contributed by atoms with Gasteiger partial charge in [0.1, 0.15) is 12.4 Å². The normalized spacial score (nSPS) is 11.0. The van der Waals surface area contributed by atoms with E-state index in [4.69, 9.17) is 9.57 Å². The van der Waals surface area contributed by atoms with Crippen molar-refractivity contribution in [3.8, 4) is 5.75 Å². The van der Waals surface area contributed by atoms with E-state index >= 15 is 0 Å². The second-order valence-electron chi connectivity index (χ2n) is 4.74. The molecule has 4 nitrogen and oxygen atoms in total. The van der Waals surface area contributed by atoms with Gasteiger partial charge in [-0.15, -0.1) is 0 Å². The van der Waals surface area contributed by atoms with Crippen LogP contribution in [-0.4, -0.2) is 18.3 Å². The van der Waals surface area contributed by atoms with Crippen molar-refractivity contribution in [1.82, 2.24) is 4.98 Å². The third-order valence-electron chi connectivity index (χ3n) is 3.34. The molecular formula is C18H16N2O2. The summed E-state index contributed by atoms with van der Waals surface area (Å²) < 4.78 is 5.26. The highest BCUT2D eigenvalue weighted by molar-refractivity contribution is 5.83. The highest BCUT2D eigenvalue weighted by atomic mass is 16.6. The lowest BCUT2D eigenvalue weighted by Gasteiger charge is -2.05. The summed E-state index contributed by atoms with van der Waals surface area (Å²) >= 11 is 0. The molecule has 0 saturated carbocycles. The summed E-state index contributed by atoms with van der Waals surface area (Å²) in [6.45, 7) is 0.375. The number of benzene rings is 2. The standard InChI is InChI=1S/C18H16N2O2/c1-21-17-10-3-2-6-15(17)12-20-22-13-16-8-4-7-14-9-5-11-19-18(14)16/h2-12H,13H2,1H3. The molecule has 0 amide bonds. The van der Waals surface area contributed by atoms with Crippen LogP contribution in [0.2, 0.25) is 0 Å². The van der Waals surface area contributed by atoms with Crippen LogP contribution in [-0.2, 0) is 11.4 Å². The van der Waals surface area contributed by atoms with Crippen molar-refractivity contribution in [3.63, 3.8) is 0 Å². The fourth-order valence-electron chi connectivity index (χ4n) is 2.26. The van der Waals surface area contributed by atoms with Gasteiger partial charge in [0, 0.05) is 22.7 Å². The Morgan fingerprint density at radius 3 is 2.82 bits per heavy atom. The lowest BCUT2D eigenvalue weighted by atomic mass is 10.1. The third kappa shape index (κ3) is 3.06. The van der Waals surface area contributed by atoms with E-state index < -0.39 is 0 Å². The van der Waals surface area contributed by atoms with Crippen LogP contribution in [0, 0.1) is 0 Å². The van der Waals surface area contributed by atoms with E-state index in [-0.39, 0.29) is 0 Å². The molecule has 3 rings (SSSR count). The zero-order valence-corrected chi connectivity index (χ0v) is 12.3. The molecule has 0 radical (unpaired) electrons. The number of fused-ring (bicyclic) bond motifs is 1. The van der Waals surface area contributed by atoms with Crippen molar-refractivity contribution in [2.24, 2.45) is 5.16 Å². The second kappa shape index (κ2) is 6.72. The molecule has 0 aliphatic carbocycles. The molecule has 1 aromatic heterocycles. The van der Waals surface area contributed by atoms with E-state index in [1.165, 1.54) is 0 Å². The second-order valence-corrected chi connectivity index (χ2v) is 4.74. The maximum Gasteiger partial charge on any atom is 0.144 e. The highest BCUT2D eigenvalue weighted by Gasteiger charge is 2.02. The first-order valence-electron chi connectivity index (χ1n) is 6.99. The van der Waals surface area contributed by atoms with Crippen LogP contribution in [0.25, 0.3) is 10.9 Å². The number of aromatic nitrogens is 1. The lowest BCUT2D eigenvalue weighted by Crippen LogP contribution is -1.93. The zero-order valence-electron chi connectivity index (χ0n) is 12.3. The monoisotopic (exact) mass is 292 g/mol. The fourth-order valence-corrected chi connectivity index (χ4v) is 2.26. The van der Waals surface area contributed by atoms with Crippen molar-refractivity contribution in [2.45, 2.75) is 6.61 Å². The summed E-state index contributed by atoms with van der Waals surface area (Å²) in [5.74, 6) is 0.765. The van der Waals surface area contributed by atoms with Gasteiger partial charge < -0.3 is 9.57 Å². The number of nitrogens with zero attached hydrogens (tertiary/aromatic N) is 2. The number of pyridine rings is 1. The molecule has 0 saturated heterocycles. The molecule has 1 heterocycles. The molecule has 0 aliphatic heterocycles. The summed E-state index contributed by atoms with van der Waals surface area (Å²) in [7, 11) is 1.63. The first-order chi connectivity index (χ1) is 10.9. The van der Waals surface area contributed by atoms with Crippen LogP contribution in [0.15, 0.2) is 65.9 Å². The Morgan fingerprint density at radius 2 is 1.91 bits per heavy atom. The number of rotatable bonds is 5. The Morgan fingerprint density at radius 1 is 1.05 bits per heavy atom. The SMILES string of the molecule is COc1ccccc1C=NOCc1cccc2cccnc12. The van der Waals surface area contributed by atoms with Crippen LogP contribution in [0.4, 0.5) is 0 Å². The van der Waals surface area contributed by atoms with Crippen molar-refractivity contribution in [3.05, 3.63) is 71.9 Å². The van der Waals surface area contributed by atoms with Gasteiger partial charge in [-0.05, 0) is 18.2 Å². The van der Waals surface area contributed by atoms with Gasteiger partial charge in [-0.3, -0.25) is 4.98 Å². The Kier molecular flexibility index (Phi) is 4.30. The molecule has 3 aromatic rings. The Bertz CT molecular complexity index is 794. The number of para-hydroxylation sites is 2. The van der Waals surface area contributed by atoms with Crippen molar-refractivity contribution in [2.75, 3.05) is 7.11 Å². The van der Waals surface area contributed by atoms with E-state index in [0.717, 1.165) is 27.8 Å². The molecule has 0 unspecified atom stereocenters. The van der Waals surface area contributed by atoms with Gasteiger partial charge in [-0.25, -0.2) is 0 Å². The van der Waals surface area contributed by atoms with E-state index in [0.29, 0.717) is 6.61 Å². The number of hydrogen-bond donors (Lipinski definition) is 0. The summed E-state index contributed by atoms with van der Waals surface area (Å²) in [5, 5.41) is 5.11. The van der Waals surface area contributed by atoms with Crippen LogP contribution >= 0.6 is 0 Å². The van der Waals surface area contributed by atoms with Crippen molar-refractivity contribution in [1.29, 1.82) is 0 Å². The predicted octanol–water partition coefficient (Wildman–Crippen LogP) is 3.79. The first-order valence-corrected chi connectivity index (χ1v) is 6.99. The average molecular weight is 292 g/mol. The maximum atomic E-state index is 5.41. The minimum atomic E-state index is 0.375. The Hall–Kier alpha value is -2.88. The molecule has 0 bridgehead atoms. The summed E-state index contributed by atoms with van der Waals surface area (Å²) in [4.78, 5) is 9.80. The molecule has 0 aliphatic rings. The van der Waals surface area contributed by atoms with Crippen LogP contribution in [0.1, 0.15) is 11.1 Å². The zero-order chi connectivity index (χ0) is 15.2. The van der Waals surface area contributed by atoms with Crippen molar-refractivity contribution >= 4 is 17.1 Å². The quantitative estimate of drug-likeness (QED) is 0.531. The molecule has 110 valence electrons. The van der Waals surface area contributed by atoms with Crippen molar-refractivity contribution < 1.29 is 9.57 Å². The first kappa shape index (κ1) is 14.1. The lowest BCUT2D eigenvalue weighted by molar-refractivity contribution is 0.133. The van der Waals surface area contributed by atoms with Gasteiger partial charge >= 0.3 is 0 Å². The summed E-state index contributed by atoms with van der Waals surface area (Å²) in [5.41, 5.74) is 2.83. The average Bonchev–Trinajstić information content (AvgIpc) is 2.59. The van der Waals surface area contributed by atoms with Gasteiger partial charge in [0.2, 0.25) is 0 Å². The molecule has 22 heavy (non-hydrogen) atoms. The molecule has 0 spiro atoms. The topological polar surface area (TPSA) is 43.7 Å². The Balaban J connectivity index is 1.71. The number of hydrogen-bond acceptors (Lipinski definition) is 4. The van der Waals surface area contributed by atoms with Crippen LogP contribution in [0.5, 0.6) is 5.75 Å². The number of methoxy groups -OCH3 is 1. The largest absolute Gasteiger partial charge is 0.496 e. The van der Waals surface area contributed by atoms with Gasteiger partial charge in [0.25, 0.3) is 0 Å². The summed E-state index contributed by atoms with van der Waals surface area (Å²) in [6, 6.07) is 17.6. The maximum absolute atomic E-state index is 5.41. The molecule has 2 aromatic carbocycles. The number of oxime groups is 1. The molecule has 0 atom stereocenters. The summed E-state index contributed by atoms with van der Waals surface area (Å²) in [6.07, 6.45) is 3.43. The highest BCUT2D eigenvalue weighted by Crippen LogP contribution is 2.17. The molecule has 4 heteroatoms. The van der Waals surface area contributed by atoms with Gasteiger partial charge in [0.15, 0.2) is 0 Å².